The predicted octanol–water partition coefficient (Wildman–Crippen LogP) is 3.75. The van der Waals surface area contributed by atoms with Gasteiger partial charge in [0.2, 0.25) is 0 Å². The molecular formula is C13H19BrFNO. The Kier molecular flexibility index (Phi) is 7.21. The van der Waals surface area contributed by atoms with E-state index in [2.05, 4.69) is 21.2 Å². The van der Waals surface area contributed by atoms with Gasteiger partial charge in [-0.15, -0.1) is 0 Å². The van der Waals surface area contributed by atoms with Gasteiger partial charge in [0.1, 0.15) is 11.6 Å². The zero-order valence-electron chi connectivity index (χ0n) is 10.1. The normalized spacial score (nSPS) is 10.5. The summed E-state index contributed by atoms with van der Waals surface area (Å²) in [5.41, 5.74) is 0. The van der Waals surface area contributed by atoms with Gasteiger partial charge in [0.15, 0.2) is 0 Å². The molecule has 0 heterocycles. The van der Waals surface area contributed by atoms with Crippen LogP contribution in [0.2, 0.25) is 0 Å². The molecule has 0 aliphatic carbocycles. The van der Waals surface area contributed by atoms with E-state index in [1.807, 2.05) is 7.05 Å². The van der Waals surface area contributed by atoms with Gasteiger partial charge in [0, 0.05) is 0 Å². The molecule has 0 amide bonds. The lowest BCUT2D eigenvalue weighted by Crippen LogP contribution is -2.07. The molecule has 1 rings (SSSR count). The van der Waals surface area contributed by atoms with Gasteiger partial charge in [-0.05, 0) is 60.6 Å². The SMILES string of the molecule is CNCCCCCCOc1ccc(F)c(Br)c1. The molecule has 1 aromatic rings. The molecule has 0 spiro atoms. The van der Waals surface area contributed by atoms with Crippen molar-refractivity contribution in [2.45, 2.75) is 25.7 Å². The summed E-state index contributed by atoms with van der Waals surface area (Å²) in [5, 5.41) is 3.12. The summed E-state index contributed by atoms with van der Waals surface area (Å²) in [4.78, 5) is 0. The molecule has 0 aliphatic heterocycles. The van der Waals surface area contributed by atoms with Crippen molar-refractivity contribution in [3.8, 4) is 5.75 Å². The minimum Gasteiger partial charge on any atom is -0.494 e. The first-order chi connectivity index (χ1) is 8.24. The maximum Gasteiger partial charge on any atom is 0.137 e. The first kappa shape index (κ1) is 14.5. The fourth-order valence-electron chi connectivity index (χ4n) is 1.51. The summed E-state index contributed by atoms with van der Waals surface area (Å²) in [5.74, 6) is 0.456. The van der Waals surface area contributed by atoms with E-state index in [1.54, 1.807) is 12.1 Å². The van der Waals surface area contributed by atoms with Crippen LogP contribution in [0, 0.1) is 5.82 Å². The van der Waals surface area contributed by atoms with Crippen LogP contribution >= 0.6 is 15.9 Å². The van der Waals surface area contributed by atoms with E-state index in [9.17, 15) is 4.39 Å². The maximum atomic E-state index is 13.0. The molecule has 1 N–H and O–H groups in total. The molecule has 96 valence electrons. The van der Waals surface area contributed by atoms with Crippen LogP contribution < -0.4 is 10.1 Å². The van der Waals surface area contributed by atoms with E-state index in [0.29, 0.717) is 16.8 Å². The molecule has 0 bridgehead atoms. The zero-order chi connectivity index (χ0) is 12.5. The van der Waals surface area contributed by atoms with E-state index >= 15 is 0 Å². The lowest BCUT2D eigenvalue weighted by molar-refractivity contribution is 0.304. The van der Waals surface area contributed by atoms with E-state index < -0.39 is 0 Å². The number of benzene rings is 1. The Labute approximate surface area is 111 Å². The van der Waals surface area contributed by atoms with Gasteiger partial charge >= 0.3 is 0 Å². The highest BCUT2D eigenvalue weighted by molar-refractivity contribution is 9.10. The summed E-state index contributed by atoms with van der Waals surface area (Å²) in [6.07, 6.45) is 4.64. The van der Waals surface area contributed by atoms with Crippen LogP contribution in [0.5, 0.6) is 5.75 Å². The van der Waals surface area contributed by atoms with E-state index in [0.717, 1.165) is 13.0 Å². The number of hydrogen-bond acceptors (Lipinski definition) is 2. The highest BCUT2D eigenvalue weighted by atomic mass is 79.9. The van der Waals surface area contributed by atoms with Gasteiger partial charge in [-0.1, -0.05) is 12.8 Å². The fourth-order valence-corrected chi connectivity index (χ4v) is 1.87. The van der Waals surface area contributed by atoms with Crippen molar-refractivity contribution in [1.82, 2.24) is 5.32 Å². The van der Waals surface area contributed by atoms with Crippen LogP contribution in [0.3, 0.4) is 0 Å². The molecule has 0 radical (unpaired) electrons. The quantitative estimate of drug-likeness (QED) is 0.739. The number of rotatable bonds is 8. The van der Waals surface area contributed by atoms with Crippen molar-refractivity contribution in [2.75, 3.05) is 20.2 Å². The molecule has 0 unspecified atom stereocenters. The van der Waals surface area contributed by atoms with Gasteiger partial charge in [-0.3, -0.25) is 0 Å². The number of hydrogen-bond donors (Lipinski definition) is 1. The number of nitrogens with one attached hydrogen (secondary N) is 1. The third-order valence-corrected chi connectivity index (χ3v) is 3.09. The minimum atomic E-state index is -0.260. The largest absolute Gasteiger partial charge is 0.494 e. The van der Waals surface area contributed by atoms with Crippen LogP contribution in [-0.2, 0) is 0 Å². The van der Waals surface area contributed by atoms with Crippen molar-refractivity contribution in [2.24, 2.45) is 0 Å². The molecule has 2 nitrogen and oxygen atoms in total. The number of halogens is 2. The van der Waals surface area contributed by atoms with Gasteiger partial charge < -0.3 is 10.1 Å². The van der Waals surface area contributed by atoms with Crippen molar-refractivity contribution in [3.63, 3.8) is 0 Å². The molecule has 0 saturated heterocycles. The topological polar surface area (TPSA) is 21.3 Å². The van der Waals surface area contributed by atoms with Crippen LogP contribution in [0.4, 0.5) is 4.39 Å². The highest BCUT2D eigenvalue weighted by Gasteiger charge is 2.00. The second-order valence-electron chi connectivity index (χ2n) is 3.94. The van der Waals surface area contributed by atoms with Gasteiger partial charge in [-0.2, -0.15) is 0 Å². The molecule has 1 aromatic carbocycles. The van der Waals surface area contributed by atoms with Crippen molar-refractivity contribution in [1.29, 1.82) is 0 Å². The average Bonchev–Trinajstić information content (AvgIpc) is 2.32. The summed E-state index contributed by atoms with van der Waals surface area (Å²) < 4.78 is 18.9. The zero-order valence-corrected chi connectivity index (χ0v) is 11.7. The van der Waals surface area contributed by atoms with Gasteiger partial charge in [0.25, 0.3) is 0 Å². The Morgan fingerprint density at radius 3 is 2.71 bits per heavy atom. The molecule has 0 atom stereocenters. The van der Waals surface area contributed by atoms with Gasteiger partial charge in [-0.25, -0.2) is 4.39 Å². The van der Waals surface area contributed by atoms with Crippen molar-refractivity contribution in [3.05, 3.63) is 28.5 Å². The minimum absolute atomic E-state index is 0.260. The average molecular weight is 304 g/mol. The number of ether oxygens (including phenoxy) is 1. The van der Waals surface area contributed by atoms with Crippen LogP contribution in [-0.4, -0.2) is 20.2 Å². The summed E-state index contributed by atoms with van der Waals surface area (Å²) >= 11 is 3.14. The third kappa shape index (κ3) is 6.03. The molecule has 0 aromatic heterocycles. The van der Waals surface area contributed by atoms with Crippen molar-refractivity contribution < 1.29 is 9.13 Å². The van der Waals surface area contributed by atoms with E-state index in [1.165, 1.54) is 25.3 Å². The number of unbranched alkanes of at least 4 members (excludes halogenated alkanes) is 3. The third-order valence-electron chi connectivity index (χ3n) is 2.48. The predicted molar refractivity (Wildman–Crippen MR) is 72.0 cm³/mol. The standard InChI is InChI=1S/C13H19BrFNO/c1-16-8-4-2-3-5-9-17-11-6-7-13(15)12(14)10-11/h6-7,10,16H,2-5,8-9H2,1H3. The molecular weight excluding hydrogens is 285 g/mol. The van der Waals surface area contributed by atoms with Crippen LogP contribution in [0.15, 0.2) is 22.7 Å². The molecule has 0 saturated carbocycles. The Morgan fingerprint density at radius 1 is 1.24 bits per heavy atom. The first-order valence-corrected chi connectivity index (χ1v) is 6.76. The molecule has 4 heteroatoms. The van der Waals surface area contributed by atoms with Crippen LogP contribution in [0.1, 0.15) is 25.7 Å². The van der Waals surface area contributed by atoms with Crippen molar-refractivity contribution >= 4 is 15.9 Å². The Morgan fingerprint density at radius 2 is 2.00 bits per heavy atom. The fraction of sp³-hybridized carbons (Fsp3) is 0.538. The summed E-state index contributed by atoms with van der Waals surface area (Å²) in [6, 6.07) is 4.73. The van der Waals surface area contributed by atoms with E-state index in [-0.39, 0.29) is 5.82 Å². The summed E-state index contributed by atoms with van der Waals surface area (Å²) in [7, 11) is 1.97. The smallest absolute Gasteiger partial charge is 0.137 e. The Balaban J connectivity index is 2.11. The highest BCUT2D eigenvalue weighted by Crippen LogP contribution is 2.21. The monoisotopic (exact) mass is 303 g/mol. The lowest BCUT2D eigenvalue weighted by atomic mass is 10.2. The second-order valence-corrected chi connectivity index (χ2v) is 4.80. The molecule has 0 fully saturated rings. The Bertz CT molecular complexity index is 333. The van der Waals surface area contributed by atoms with E-state index in [4.69, 9.17) is 4.74 Å². The molecule has 17 heavy (non-hydrogen) atoms. The lowest BCUT2D eigenvalue weighted by Gasteiger charge is -2.06. The second kappa shape index (κ2) is 8.48. The molecule has 0 aliphatic rings. The Hall–Kier alpha value is -0.610. The first-order valence-electron chi connectivity index (χ1n) is 5.96. The maximum absolute atomic E-state index is 13.0. The van der Waals surface area contributed by atoms with Gasteiger partial charge in [0.05, 0.1) is 11.1 Å². The van der Waals surface area contributed by atoms with Crippen LogP contribution in [0.25, 0.3) is 0 Å². The summed E-state index contributed by atoms with van der Waals surface area (Å²) in [6.45, 7) is 1.77.